The molecule has 1 fully saturated rings. The molecule has 1 heterocycles. The maximum absolute atomic E-state index is 9.65. The average molecular weight is 253 g/mol. The van der Waals surface area contributed by atoms with E-state index in [0.717, 1.165) is 6.54 Å². The van der Waals surface area contributed by atoms with E-state index in [1.165, 1.54) is 37.0 Å². The van der Waals surface area contributed by atoms with E-state index in [9.17, 15) is 5.11 Å². The van der Waals surface area contributed by atoms with E-state index in [4.69, 9.17) is 0 Å². The highest BCUT2D eigenvalue weighted by Gasteiger charge is 2.31. The number of hydrogen-bond acceptors (Lipinski definition) is 3. The van der Waals surface area contributed by atoms with Crippen molar-refractivity contribution in [3.05, 3.63) is 22.4 Å². The zero-order chi connectivity index (χ0) is 12.1. The van der Waals surface area contributed by atoms with Crippen LogP contribution in [0.2, 0.25) is 0 Å². The van der Waals surface area contributed by atoms with Crippen molar-refractivity contribution < 1.29 is 5.11 Å². The zero-order valence-electron chi connectivity index (χ0n) is 10.6. The van der Waals surface area contributed by atoms with Gasteiger partial charge in [-0.25, -0.2) is 0 Å². The molecule has 96 valence electrons. The number of rotatable bonds is 5. The maximum atomic E-state index is 9.65. The van der Waals surface area contributed by atoms with Gasteiger partial charge < -0.3 is 10.4 Å². The summed E-state index contributed by atoms with van der Waals surface area (Å²) in [6, 6.07) is 4.68. The van der Waals surface area contributed by atoms with Gasteiger partial charge in [0, 0.05) is 29.5 Å². The van der Waals surface area contributed by atoms with E-state index in [0.29, 0.717) is 12.6 Å². The SMILES string of the molecule is CC(NCC1(CO)CCCCC1)c1cccs1. The molecule has 0 spiro atoms. The second kappa shape index (κ2) is 5.98. The summed E-state index contributed by atoms with van der Waals surface area (Å²) < 4.78 is 0. The molecule has 2 N–H and O–H groups in total. The van der Waals surface area contributed by atoms with Crippen molar-refractivity contribution in [1.82, 2.24) is 5.32 Å². The molecule has 0 amide bonds. The van der Waals surface area contributed by atoms with Crippen molar-refractivity contribution in [3.63, 3.8) is 0 Å². The lowest BCUT2D eigenvalue weighted by Gasteiger charge is -2.36. The number of nitrogens with one attached hydrogen (secondary N) is 1. The van der Waals surface area contributed by atoms with E-state index in [-0.39, 0.29) is 5.41 Å². The standard InChI is InChI=1S/C14H23NOS/c1-12(13-6-5-9-17-13)15-10-14(11-16)7-3-2-4-8-14/h5-6,9,12,15-16H,2-4,7-8,10-11H2,1H3. The first kappa shape index (κ1) is 13.1. The second-order valence-electron chi connectivity index (χ2n) is 5.34. The Morgan fingerprint density at radius 1 is 1.41 bits per heavy atom. The summed E-state index contributed by atoms with van der Waals surface area (Å²) in [6.07, 6.45) is 6.23. The Bertz CT molecular complexity index is 317. The molecule has 0 bridgehead atoms. The molecule has 1 unspecified atom stereocenters. The Kier molecular flexibility index (Phi) is 4.60. The van der Waals surface area contributed by atoms with Crippen molar-refractivity contribution in [2.24, 2.45) is 5.41 Å². The normalized spacial score (nSPS) is 21.3. The molecule has 0 aliphatic heterocycles. The van der Waals surface area contributed by atoms with Crippen LogP contribution in [0.15, 0.2) is 17.5 Å². The predicted octanol–water partition coefficient (Wildman–Crippen LogP) is 3.34. The van der Waals surface area contributed by atoms with Crippen molar-refractivity contribution >= 4 is 11.3 Å². The van der Waals surface area contributed by atoms with E-state index in [1.807, 2.05) is 0 Å². The fourth-order valence-corrected chi connectivity index (χ4v) is 3.46. The summed E-state index contributed by atoms with van der Waals surface area (Å²) in [7, 11) is 0. The molecular formula is C14H23NOS. The van der Waals surface area contributed by atoms with Crippen molar-refractivity contribution in [3.8, 4) is 0 Å². The molecule has 3 heteroatoms. The van der Waals surface area contributed by atoms with Gasteiger partial charge in [-0.3, -0.25) is 0 Å². The summed E-state index contributed by atoms with van der Waals surface area (Å²) in [4.78, 5) is 1.38. The fourth-order valence-electron chi connectivity index (χ4n) is 2.70. The van der Waals surface area contributed by atoms with Gasteiger partial charge >= 0.3 is 0 Å². The number of hydrogen-bond donors (Lipinski definition) is 2. The second-order valence-corrected chi connectivity index (χ2v) is 6.32. The first-order chi connectivity index (χ1) is 8.26. The third kappa shape index (κ3) is 3.30. The fraction of sp³-hybridized carbons (Fsp3) is 0.714. The third-order valence-electron chi connectivity index (χ3n) is 4.00. The number of aliphatic hydroxyl groups is 1. The molecule has 1 aliphatic carbocycles. The molecule has 1 saturated carbocycles. The highest BCUT2D eigenvalue weighted by Crippen LogP contribution is 2.35. The summed E-state index contributed by atoms with van der Waals surface area (Å²) in [5.41, 5.74) is 0.143. The van der Waals surface area contributed by atoms with Crippen LogP contribution in [0.4, 0.5) is 0 Å². The van der Waals surface area contributed by atoms with Crippen LogP contribution >= 0.6 is 11.3 Å². The van der Waals surface area contributed by atoms with Crippen LogP contribution in [0, 0.1) is 5.41 Å². The molecule has 2 nitrogen and oxygen atoms in total. The molecule has 0 aromatic carbocycles. The Labute approximate surface area is 108 Å². The minimum absolute atomic E-state index is 0.143. The molecule has 2 rings (SSSR count). The first-order valence-corrected chi connectivity index (χ1v) is 7.51. The lowest BCUT2D eigenvalue weighted by Crippen LogP contribution is -2.39. The van der Waals surface area contributed by atoms with Gasteiger partial charge in [0.15, 0.2) is 0 Å². The molecule has 1 atom stereocenters. The molecule has 0 radical (unpaired) electrons. The molecule has 1 aromatic rings. The van der Waals surface area contributed by atoms with Crippen molar-refractivity contribution in [1.29, 1.82) is 0 Å². The Hall–Kier alpha value is -0.380. The quantitative estimate of drug-likeness (QED) is 0.843. The van der Waals surface area contributed by atoms with Crippen molar-refractivity contribution in [2.45, 2.75) is 45.1 Å². The van der Waals surface area contributed by atoms with Gasteiger partial charge in [-0.15, -0.1) is 11.3 Å². The van der Waals surface area contributed by atoms with Crippen LogP contribution in [0.25, 0.3) is 0 Å². The average Bonchev–Trinajstić information content (AvgIpc) is 2.91. The predicted molar refractivity (Wildman–Crippen MR) is 73.3 cm³/mol. The van der Waals surface area contributed by atoms with Crippen LogP contribution in [-0.2, 0) is 0 Å². The highest BCUT2D eigenvalue weighted by molar-refractivity contribution is 7.10. The molecule has 0 saturated heterocycles. The Morgan fingerprint density at radius 3 is 2.76 bits per heavy atom. The first-order valence-electron chi connectivity index (χ1n) is 6.63. The summed E-state index contributed by atoms with van der Waals surface area (Å²) in [6.45, 7) is 3.49. The smallest absolute Gasteiger partial charge is 0.0499 e. The summed E-state index contributed by atoms with van der Waals surface area (Å²) in [5.74, 6) is 0. The molecule has 1 aromatic heterocycles. The van der Waals surface area contributed by atoms with Crippen LogP contribution in [0.3, 0.4) is 0 Å². The Balaban J connectivity index is 1.87. The van der Waals surface area contributed by atoms with Gasteiger partial charge in [-0.2, -0.15) is 0 Å². The number of thiophene rings is 1. The lowest BCUT2D eigenvalue weighted by molar-refractivity contribution is 0.0790. The molecule has 1 aliphatic rings. The minimum atomic E-state index is 0.143. The van der Waals surface area contributed by atoms with E-state index < -0.39 is 0 Å². The van der Waals surface area contributed by atoms with Crippen LogP contribution in [-0.4, -0.2) is 18.3 Å². The topological polar surface area (TPSA) is 32.3 Å². The highest BCUT2D eigenvalue weighted by atomic mass is 32.1. The molecular weight excluding hydrogens is 230 g/mol. The lowest BCUT2D eigenvalue weighted by atomic mass is 9.74. The zero-order valence-corrected chi connectivity index (χ0v) is 11.4. The van der Waals surface area contributed by atoms with Gasteiger partial charge in [0.05, 0.1) is 0 Å². The maximum Gasteiger partial charge on any atom is 0.0499 e. The van der Waals surface area contributed by atoms with E-state index in [2.05, 4.69) is 29.8 Å². The largest absolute Gasteiger partial charge is 0.396 e. The monoisotopic (exact) mass is 253 g/mol. The van der Waals surface area contributed by atoms with E-state index in [1.54, 1.807) is 11.3 Å². The van der Waals surface area contributed by atoms with Gasteiger partial charge in [0.1, 0.15) is 0 Å². The van der Waals surface area contributed by atoms with Crippen molar-refractivity contribution in [2.75, 3.05) is 13.2 Å². The van der Waals surface area contributed by atoms with Crippen LogP contribution in [0.5, 0.6) is 0 Å². The molecule has 17 heavy (non-hydrogen) atoms. The Morgan fingerprint density at radius 2 is 2.18 bits per heavy atom. The van der Waals surface area contributed by atoms with Gasteiger partial charge in [-0.1, -0.05) is 25.3 Å². The van der Waals surface area contributed by atoms with Gasteiger partial charge in [0.2, 0.25) is 0 Å². The minimum Gasteiger partial charge on any atom is -0.396 e. The van der Waals surface area contributed by atoms with Gasteiger partial charge in [0.25, 0.3) is 0 Å². The number of aliphatic hydroxyl groups excluding tert-OH is 1. The summed E-state index contributed by atoms with van der Waals surface area (Å²) >= 11 is 1.80. The van der Waals surface area contributed by atoms with E-state index >= 15 is 0 Å². The van der Waals surface area contributed by atoms with Crippen LogP contribution in [0.1, 0.15) is 49.9 Å². The third-order valence-corrected chi connectivity index (χ3v) is 5.06. The van der Waals surface area contributed by atoms with Crippen LogP contribution < -0.4 is 5.32 Å². The van der Waals surface area contributed by atoms with Gasteiger partial charge in [-0.05, 0) is 31.2 Å². The summed E-state index contributed by atoms with van der Waals surface area (Å²) in [5, 5.41) is 15.4.